The normalized spacial score (nSPS) is 19.6. The molecule has 0 aromatic heterocycles. The van der Waals surface area contributed by atoms with Gasteiger partial charge < -0.3 is 10.1 Å². The topological polar surface area (TPSA) is 21.3 Å². The molecule has 0 saturated carbocycles. The van der Waals surface area contributed by atoms with Crippen molar-refractivity contribution in [3.8, 4) is 5.75 Å². The first-order valence-electron chi connectivity index (χ1n) is 6.19. The fourth-order valence-electron chi connectivity index (χ4n) is 2.60. The minimum Gasteiger partial charge on any atom is -0.496 e. The van der Waals surface area contributed by atoms with Crippen LogP contribution in [-0.4, -0.2) is 19.7 Å². The van der Waals surface area contributed by atoms with Crippen LogP contribution in [0.3, 0.4) is 0 Å². The van der Waals surface area contributed by atoms with E-state index in [0.717, 1.165) is 16.6 Å². The molecule has 0 radical (unpaired) electrons. The Morgan fingerprint density at radius 1 is 1.47 bits per heavy atom. The van der Waals surface area contributed by atoms with E-state index in [0.29, 0.717) is 6.04 Å². The lowest BCUT2D eigenvalue weighted by Crippen LogP contribution is -2.24. The van der Waals surface area contributed by atoms with Gasteiger partial charge in [-0.1, -0.05) is 0 Å². The average molecular weight is 298 g/mol. The molecule has 1 saturated heterocycles. The molecular formula is C14H20BrNO. The van der Waals surface area contributed by atoms with Crippen LogP contribution < -0.4 is 10.1 Å². The molecule has 1 aliphatic heterocycles. The second kappa shape index (κ2) is 5.40. The van der Waals surface area contributed by atoms with Crippen molar-refractivity contribution in [2.45, 2.75) is 39.2 Å². The lowest BCUT2D eigenvalue weighted by atomic mass is 9.95. The highest BCUT2D eigenvalue weighted by atomic mass is 79.9. The Kier molecular flexibility index (Phi) is 4.10. The van der Waals surface area contributed by atoms with Crippen LogP contribution in [0, 0.1) is 13.8 Å². The summed E-state index contributed by atoms with van der Waals surface area (Å²) in [5.41, 5.74) is 4.10. The molecule has 1 atom stereocenters. The van der Waals surface area contributed by atoms with E-state index in [1.165, 1.54) is 36.1 Å². The van der Waals surface area contributed by atoms with Gasteiger partial charge in [-0.05, 0) is 78.3 Å². The second-order valence-corrected chi connectivity index (χ2v) is 5.60. The summed E-state index contributed by atoms with van der Waals surface area (Å²) < 4.78 is 6.47. The molecule has 2 nitrogen and oxygen atoms in total. The molecule has 1 aliphatic rings. The highest BCUT2D eigenvalue weighted by Crippen LogP contribution is 2.33. The summed E-state index contributed by atoms with van der Waals surface area (Å²) >= 11 is 3.63. The summed E-state index contributed by atoms with van der Waals surface area (Å²) in [5, 5.41) is 3.56. The number of hydrogen-bond donors (Lipinski definition) is 1. The van der Waals surface area contributed by atoms with Gasteiger partial charge in [-0.3, -0.25) is 0 Å². The molecule has 1 unspecified atom stereocenters. The minimum atomic E-state index is 0.646. The molecule has 1 aromatic rings. The monoisotopic (exact) mass is 297 g/mol. The molecule has 2 rings (SSSR count). The number of hydrogen-bond acceptors (Lipinski definition) is 2. The van der Waals surface area contributed by atoms with Crippen LogP contribution >= 0.6 is 15.9 Å². The lowest BCUT2D eigenvalue weighted by Gasteiger charge is -2.18. The van der Waals surface area contributed by atoms with Crippen molar-refractivity contribution >= 4 is 15.9 Å². The van der Waals surface area contributed by atoms with Gasteiger partial charge in [0, 0.05) is 6.04 Å². The van der Waals surface area contributed by atoms with Gasteiger partial charge in [-0.25, -0.2) is 0 Å². The number of halogens is 1. The smallest absolute Gasteiger partial charge is 0.133 e. The highest BCUT2D eigenvalue weighted by Gasteiger charge is 2.18. The standard InChI is InChI=1S/C14H20BrNO/c1-9-7-13(17-3)14(15)10(2)12(9)8-11-5-4-6-16-11/h7,11,16H,4-6,8H2,1-3H3. The number of benzene rings is 1. The summed E-state index contributed by atoms with van der Waals surface area (Å²) in [5.74, 6) is 0.933. The largest absolute Gasteiger partial charge is 0.496 e. The van der Waals surface area contributed by atoms with Crippen molar-refractivity contribution in [1.29, 1.82) is 0 Å². The molecule has 1 fully saturated rings. The predicted molar refractivity (Wildman–Crippen MR) is 74.9 cm³/mol. The summed E-state index contributed by atoms with van der Waals surface area (Å²) in [6.07, 6.45) is 3.73. The third kappa shape index (κ3) is 2.66. The van der Waals surface area contributed by atoms with Crippen LogP contribution in [0.1, 0.15) is 29.5 Å². The summed E-state index contributed by atoms with van der Waals surface area (Å²) in [7, 11) is 1.72. The summed E-state index contributed by atoms with van der Waals surface area (Å²) in [4.78, 5) is 0. The van der Waals surface area contributed by atoms with Crippen molar-refractivity contribution in [3.63, 3.8) is 0 Å². The van der Waals surface area contributed by atoms with E-state index in [1.54, 1.807) is 7.11 Å². The van der Waals surface area contributed by atoms with Crippen molar-refractivity contribution in [2.75, 3.05) is 13.7 Å². The van der Waals surface area contributed by atoms with E-state index in [4.69, 9.17) is 4.74 Å². The quantitative estimate of drug-likeness (QED) is 0.924. The molecule has 1 heterocycles. The van der Waals surface area contributed by atoms with Gasteiger partial charge in [0.1, 0.15) is 5.75 Å². The molecule has 94 valence electrons. The van der Waals surface area contributed by atoms with E-state index >= 15 is 0 Å². The zero-order chi connectivity index (χ0) is 12.4. The first kappa shape index (κ1) is 12.9. The first-order valence-corrected chi connectivity index (χ1v) is 6.98. The molecule has 17 heavy (non-hydrogen) atoms. The number of methoxy groups -OCH3 is 1. The van der Waals surface area contributed by atoms with Crippen LogP contribution in [-0.2, 0) is 6.42 Å². The molecule has 0 aliphatic carbocycles. The number of nitrogens with one attached hydrogen (secondary N) is 1. The SMILES string of the molecule is COc1cc(C)c(CC2CCCN2)c(C)c1Br. The Balaban J connectivity index is 2.29. The molecular weight excluding hydrogens is 278 g/mol. The molecule has 0 amide bonds. The van der Waals surface area contributed by atoms with Gasteiger partial charge in [0.2, 0.25) is 0 Å². The fourth-order valence-corrected chi connectivity index (χ4v) is 3.12. The zero-order valence-corrected chi connectivity index (χ0v) is 12.4. The van der Waals surface area contributed by atoms with Crippen molar-refractivity contribution in [1.82, 2.24) is 5.32 Å². The molecule has 3 heteroatoms. The van der Waals surface area contributed by atoms with Gasteiger partial charge in [-0.15, -0.1) is 0 Å². The Hall–Kier alpha value is -0.540. The van der Waals surface area contributed by atoms with Crippen LogP contribution in [0.25, 0.3) is 0 Å². The number of aryl methyl sites for hydroxylation is 1. The van der Waals surface area contributed by atoms with E-state index < -0.39 is 0 Å². The Labute approximate surface area is 112 Å². The zero-order valence-electron chi connectivity index (χ0n) is 10.8. The first-order chi connectivity index (χ1) is 8.13. The van der Waals surface area contributed by atoms with Crippen LogP contribution in [0.4, 0.5) is 0 Å². The second-order valence-electron chi connectivity index (χ2n) is 4.81. The van der Waals surface area contributed by atoms with E-state index in [2.05, 4.69) is 41.2 Å². The Bertz CT molecular complexity index is 411. The lowest BCUT2D eigenvalue weighted by molar-refractivity contribution is 0.411. The van der Waals surface area contributed by atoms with Gasteiger partial charge >= 0.3 is 0 Å². The van der Waals surface area contributed by atoms with Gasteiger partial charge in [0.15, 0.2) is 0 Å². The van der Waals surface area contributed by atoms with Crippen LogP contribution in [0.2, 0.25) is 0 Å². The summed E-state index contributed by atoms with van der Waals surface area (Å²) in [6.45, 7) is 5.51. The van der Waals surface area contributed by atoms with Gasteiger partial charge in [-0.2, -0.15) is 0 Å². The van der Waals surface area contributed by atoms with E-state index in [-0.39, 0.29) is 0 Å². The molecule has 0 spiro atoms. The number of rotatable bonds is 3. The van der Waals surface area contributed by atoms with Crippen LogP contribution in [0.5, 0.6) is 5.75 Å². The molecule has 0 bridgehead atoms. The van der Waals surface area contributed by atoms with Crippen molar-refractivity contribution < 1.29 is 4.74 Å². The fraction of sp³-hybridized carbons (Fsp3) is 0.571. The highest BCUT2D eigenvalue weighted by molar-refractivity contribution is 9.10. The van der Waals surface area contributed by atoms with Crippen molar-refractivity contribution in [3.05, 3.63) is 27.2 Å². The average Bonchev–Trinajstić information content (AvgIpc) is 2.82. The third-order valence-electron chi connectivity index (χ3n) is 3.65. The maximum atomic E-state index is 5.37. The van der Waals surface area contributed by atoms with E-state index in [9.17, 15) is 0 Å². The maximum Gasteiger partial charge on any atom is 0.133 e. The maximum absolute atomic E-state index is 5.37. The minimum absolute atomic E-state index is 0.646. The predicted octanol–water partition coefficient (Wildman–Crippen LogP) is 3.37. The Morgan fingerprint density at radius 3 is 2.82 bits per heavy atom. The third-order valence-corrected chi connectivity index (χ3v) is 4.64. The van der Waals surface area contributed by atoms with Gasteiger partial charge in [0.25, 0.3) is 0 Å². The van der Waals surface area contributed by atoms with Crippen molar-refractivity contribution in [2.24, 2.45) is 0 Å². The molecule has 1 N–H and O–H groups in total. The molecule has 1 aromatic carbocycles. The van der Waals surface area contributed by atoms with E-state index in [1.807, 2.05) is 0 Å². The Morgan fingerprint density at radius 2 is 2.24 bits per heavy atom. The van der Waals surface area contributed by atoms with Crippen LogP contribution in [0.15, 0.2) is 10.5 Å². The van der Waals surface area contributed by atoms with Gasteiger partial charge in [0.05, 0.1) is 11.6 Å². The summed E-state index contributed by atoms with van der Waals surface area (Å²) in [6, 6.07) is 2.77. The number of ether oxygens (including phenoxy) is 1.